The fraction of sp³-hybridized carbons (Fsp3) is 0.435. The molecule has 0 unspecified atom stereocenters. The highest BCUT2D eigenvalue weighted by molar-refractivity contribution is 5.92. The van der Waals surface area contributed by atoms with Gasteiger partial charge in [-0.25, -0.2) is 0 Å². The van der Waals surface area contributed by atoms with Gasteiger partial charge in [0.25, 0.3) is 0 Å². The molecule has 3 heterocycles. The molecule has 7 heteroatoms. The number of nitrogens with zero attached hydrogens (tertiary/aromatic N) is 3. The van der Waals surface area contributed by atoms with Crippen LogP contribution in [0.3, 0.4) is 0 Å². The summed E-state index contributed by atoms with van der Waals surface area (Å²) in [6, 6.07) is 13.5. The molecule has 2 amide bonds. The normalized spacial score (nSPS) is 22.1. The summed E-state index contributed by atoms with van der Waals surface area (Å²) in [4.78, 5) is 33.8. The van der Waals surface area contributed by atoms with Crippen LogP contribution < -0.4 is 16.0 Å². The molecule has 0 spiro atoms. The van der Waals surface area contributed by atoms with E-state index in [0.29, 0.717) is 18.7 Å². The van der Waals surface area contributed by atoms with Crippen molar-refractivity contribution in [3.8, 4) is 0 Å². The van der Waals surface area contributed by atoms with Gasteiger partial charge in [0.1, 0.15) is 5.41 Å². The first-order valence-electron chi connectivity index (χ1n) is 10.7. The molecule has 7 nitrogen and oxygen atoms in total. The van der Waals surface area contributed by atoms with Crippen LogP contribution in [0.4, 0.5) is 11.4 Å². The summed E-state index contributed by atoms with van der Waals surface area (Å²) in [6.07, 6.45) is 5.59. The molecule has 3 N–H and O–H groups in total. The molecule has 1 atom stereocenters. The van der Waals surface area contributed by atoms with Gasteiger partial charge in [-0.05, 0) is 68.6 Å². The maximum atomic E-state index is 12.6. The largest absolute Gasteiger partial charge is 0.372 e. The molecule has 2 saturated heterocycles. The molecule has 2 aliphatic rings. The van der Waals surface area contributed by atoms with E-state index in [1.807, 2.05) is 35.2 Å². The molecule has 0 bridgehead atoms. The highest BCUT2D eigenvalue weighted by Gasteiger charge is 2.43. The molecule has 1 aromatic heterocycles. The number of benzene rings is 1. The fourth-order valence-electron chi connectivity index (χ4n) is 4.60. The summed E-state index contributed by atoms with van der Waals surface area (Å²) in [5.74, 6) is -0.478. The Morgan fingerprint density at radius 2 is 1.80 bits per heavy atom. The van der Waals surface area contributed by atoms with E-state index in [-0.39, 0.29) is 18.4 Å². The number of hydrogen-bond donors (Lipinski definition) is 2. The number of carbonyl (C=O) groups is 2. The number of rotatable bonds is 6. The number of hydrogen-bond acceptors (Lipinski definition) is 5. The van der Waals surface area contributed by atoms with Crippen molar-refractivity contribution in [2.24, 2.45) is 5.73 Å². The Labute approximate surface area is 177 Å². The van der Waals surface area contributed by atoms with Crippen LogP contribution in [0.1, 0.15) is 31.4 Å². The molecular weight excluding hydrogens is 378 g/mol. The lowest BCUT2D eigenvalue weighted by Gasteiger charge is -2.40. The van der Waals surface area contributed by atoms with Crippen LogP contribution in [0, 0.1) is 0 Å². The number of aromatic nitrogens is 1. The Bertz CT molecular complexity index is 880. The summed E-state index contributed by atoms with van der Waals surface area (Å²) in [6.45, 7) is 3.57. The van der Waals surface area contributed by atoms with Gasteiger partial charge in [-0.15, -0.1) is 0 Å². The smallest absolute Gasteiger partial charge is 0.238 e. The van der Waals surface area contributed by atoms with Crippen molar-refractivity contribution in [3.63, 3.8) is 0 Å². The van der Waals surface area contributed by atoms with E-state index >= 15 is 0 Å². The summed E-state index contributed by atoms with van der Waals surface area (Å²) in [5, 5.41) is 2.97. The number of nitrogens with one attached hydrogen (secondary N) is 1. The topological polar surface area (TPSA) is 91.6 Å². The predicted octanol–water partition coefficient (Wildman–Crippen LogP) is 2.14. The highest BCUT2D eigenvalue weighted by Crippen LogP contribution is 2.32. The molecule has 158 valence electrons. The number of likely N-dealkylation sites (tertiary alicyclic amines) is 1. The van der Waals surface area contributed by atoms with Crippen molar-refractivity contribution in [1.29, 1.82) is 0 Å². The third kappa shape index (κ3) is 4.31. The van der Waals surface area contributed by atoms with Crippen LogP contribution >= 0.6 is 0 Å². The molecule has 0 saturated carbocycles. The van der Waals surface area contributed by atoms with Gasteiger partial charge in [0.15, 0.2) is 0 Å². The second-order valence-corrected chi connectivity index (χ2v) is 8.26. The number of carbonyl (C=O) groups excluding carboxylic acids is 2. The second-order valence-electron chi connectivity index (χ2n) is 8.26. The van der Waals surface area contributed by atoms with E-state index in [1.165, 1.54) is 18.5 Å². The van der Waals surface area contributed by atoms with Gasteiger partial charge in [-0.1, -0.05) is 6.07 Å². The van der Waals surface area contributed by atoms with Crippen LogP contribution in [0.5, 0.6) is 0 Å². The van der Waals surface area contributed by atoms with Crippen molar-refractivity contribution in [2.75, 3.05) is 42.9 Å². The molecular formula is C23H29N5O2. The number of piperidine rings is 1. The van der Waals surface area contributed by atoms with Gasteiger partial charge in [-0.2, -0.15) is 0 Å². The van der Waals surface area contributed by atoms with Crippen LogP contribution in [0.25, 0.3) is 0 Å². The lowest BCUT2D eigenvalue weighted by atomic mass is 9.76. The van der Waals surface area contributed by atoms with Gasteiger partial charge < -0.3 is 16.0 Å². The van der Waals surface area contributed by atoms with Gasteiger partial charge in [-0.3, -0.25) is 19.5 Å². The Kier molecular flexibility index (Phi) is 5.99. The summed E-state index contributed by atoms with van der Waals surface area (Å²) < 4.78 is 0. The zero-order chi connectivity index (χ0) is 21.0. The lowest BCUT2D eigenvalue weighted by Crippen LogP contribution is -2.55. The maximum Gasteiger partial charge on any atom is 0.238 e. The van der Waals surface area contributed by atoms with Crippen LogP contribution in [-0.2, 0) is 15.0 Å². The third-order valence-corrected chi connectivity index (χ3v) is 6.19. The molecule has 2 fully saturated rings. The number of primary amides is 1. The molecule has 0 aliphatic carbocycles. The maximum absolute atomic E-state index is 12.6. The van der Waals surface area contributed by atoms with Gasteiger partial charge in [0.05, 0.1) is 12.2 Å². The number of amides is 2. The summed E-state index contributed by atoms with van der Waals surface area (Å²) in [5.41, 5.74) is 7.62. The van der Waals surface area contributed by atoms with E-state index in [0.717, 1.165) is 31.7 Å². The minimum atomic E-state index is -0.850. The molecule has 0 radical (unpaired) electrons. The SMILES string of the molecule is NC(=O)[C@@]1(c2ccccn2)CCCN(CC(=O)Nc2ccc(N3CCCC3)cc2)C1. The predicted molar refractivity (Wildman–Crippen MR) is 117 cm³/mol. The standard InChI is InChI=1S/C23H29N5O2/c24-22(30)23(20-6-1-2-12-25-20)11-5-13-27(17-23)16-21(29)26-18-7-9-19(10-8-18)28-14-3-4-15-28/h1-2,6-10,12H,3-5,11,13-17H2,(H2,24,30)(H,26,29)/t23-/m0/s1. The molecule has 1 aromatic carbocycles. The molecule has 2 aliphatic heterocycles. The first kappa shape index (κ1) is 20.3. The first-order chi connectivity index (χ1) is 14.6. The average Bonchev–Trinajstić information content (AvgIpc) is 3.30. The Balaban J connectivity index is 1.38. The van der Waals surface area contributed by atoms with E-state index in [2.05, 4.69) is 27.3 Å². The van der Waals surface area contributed by atoms with Crippen LogP contribution in [0.2, 0.25) is 0 Å². The third-order valence-electron chi connectivity index (χ3n) is 6.19. The Morgan fingerprint density at radius 1 is 1.03 bits per heavy atom. The zero-order valence-corrected chi connectivity index (χ0v) is 17.2. The molecule has 4 rings (SSSR count). The van der Waals surface area contributed by atoms with Crippen molar-refractivity contribution in [3.05, 3.63) is 54.4 Å². The quantitative estimate of drug-likeness (QED) is 0.766. The summed E-state index contributed by atoms with van der Waals surface area (Å²) >= 11 is 0. The minimum absolute atomic E-state index is 0.0924. The van der Waals surface area contributed by atoms with E-state index in [4.69, 9.17) is 5.73 Å². The van der Waals surface area contributed by atoms with Crippen LogP contribution in [0.15, 0.2) is 48.7 Å². The number of pyridine rings is 1. The van der Waals surface area contributed by atoms with Crippen molar-refractivity contribution < 1.29 is 9.59 Å². The minimum Gasteiger partial charge on any atom is -0.372 e. The zero-order valence-electron chi connectivity index (χ0n) is 17.2. The Morgan fingerprint density at radius 3 is 2.47 bits per heavy atom. The second kappa shape index (κ2) is 8.83. The Hall–Kier alpha value is -2.93. The molecule has 30 heavy (non-hydrogen) atoms. The van der Waals surface area contributed by atoms with Gasteiger partial charge in [0.2, 0.25) is 11.8 Å². The van der Waals surface area contributed by atoms with E-state index in [1.54, 1.807) is 6.20 Å². The van der Waals surface area contributed by atoms with E-state index in [9.17, 15) is 9.59 Å². The lowest BCUT2D eigenvalue weighted by molar-refractivity contribution is -0.127. The molecule has 2 aromatic rings. The number of nitrogens with two attached hydrogens (primary N) is 1. The monoisotopic (exact) mass is 407 g/mol. The highest BCUT2D eigenvalue weighted by atomic mass is 16.2. The van der Waals surface area contributed by atoms with Gasteiger partial charge >= 0.3 is 0 Å². The van der Waals surface area contributed by atoms with Crippen LogP contribution in [-0.4, -0.2) is 54.4 Å². The van der Waals surface area contributed by atoms with E-state index < -0.39 is 5.41 Å². The number of anilines is 2. The van der Waals surface area contributed by atoms with Crippen molar-refractivity contribution >= 4 is 23.2 Å². The average molecular weight is 408 g/mol. The van der Waals surface area contributed by atoms with Gasteiger partial charge in [0, 0.05) is 37.2 Å². The van der Waals surface area contributed by atoms with Crippen molar-refractivity contribution in [2.45, 2.75) is 31.1 Å². The van der Waals surface area contributed by atoms with Crippen molar-refractivity contribution in [1.82, 2.24) is 9.88 Å². The summed E-state index contributed by atoms with van der Waals surface area (Å²) in [7, 11) is 0. The first-order valence-corrected chi connectivity index (χ1v) is 10.7. The fourth-order valence-corrected chi connectivity index (χ4v) is 4.60.